The van der Waals surface area contributed by atoms with Crippen LogP contribution < -0.4 is 5.32 Å². The Kier molecular flexibility index (Phi) is 4.93. The lowest BCUT2D eigenvalue weighted by molar-refractivity contribution is 0.561. The van der Waals surface area contributed by atoms with E-state index in [4.69, 9.17) is 6.42 Å². The van der Waals surface area contributed by atoms with Gasteiger partial charge in [-0.2, -0.15) is 0 Å². The Bertz CT molecular complexity index is 335. The number of nitrogens with one attached hydrogen (secondary N) is 1. The predicted octanol–water partition coefficient (Wildman–Crippen LogP) is 2.92. The molecule has 0 fully saturated rings. The minimum atomic E-state index is 0.302. The lowest BCUT2D eigenvalue weighted by Crippen LogP contribution is -2.21. The SMILES string of the molecule is C#CCC(NCC)c1ccccc1CC. The summed E-state index contributed by atoms with van der Waals surface area (Å²) < 4.78 is 0. The summed E-state index contributed by atoms with van der Waals surface area (Å²) in [5.41, 5.74) is 2.73. The maximum Gasteiger partial charge on any atom is 0.0433 e. The van der Waals surface area contributed by atoms with Crippen LogP contribution in [-0.4, -0.2) is 6.54 Å². The van der Waals surface area contributed by atoms with E-state index >= 15 is 0 Å². The molecule has 1 heteroatoms. The number of aryl methyl sites for hydroxylation is 1. The molecular weight excluding hydrogens is 182 g/mol. The summed E-state index contributed by atoms with van der Waals surface area (Å²) in [6, 6.07) is 8.81. The van der Waals surface area contributed by atoms with Crippen molar-refractivity contribution >= 4 is 0 Å². The van der Waals surface area contributed by atoms with E-state index in [9.17, 15) is 0 Å². The fraction of sp³-hybridized carbons (Fsp3) is 0.429. The molecule has 0 aliphatic heterocycles. The van der Waals surface area contributed by atoms with Crippen LogP contribution >= 0.6 is 0 Å². The van der Waals surface area contributed by atoms with Gasteiger partial charge in [-0.3, -0.25) is 0 Å². The number of rotatable bonds is 5. The molecule has 0 saturated carbocycles. The van der Waals surface area contributed by atoms with Gasteiger partial charge in [-0.25, -0.2) is 0 Å². The van der Waals surface area contributed by atoms with Crippen molar-refractivity contribution in [2.45, 2.75) is 32.7 Å². The van der Waals surface area contributed by atoms with E-state index < -0.39 is 0 Å². The average Bonchev–Trinajstić information content (AvgIpc) is 2.29. The molecule has 1 N–H and O–H groups in total. The van der Waals surface area contributed by atoms with Crippen LogP contribution in [0.3, 0.4) is 0 Å². The molecule has 1 atom stereocenters. The van der Waals surface area contributed by atoms with Crippen molar-refractivity contribution in [2.24, 2.45) is 0 Å². The highest BCUT2D eigenvalue weighted by Gasteiger charge is 2.11. The summed E-state index contributed by atoms with van der Waals surface area (Å²) in [7, 11) is 0. The summed E-state index contributed by atoms with van der Waals surface area (Å²) in [5, 5.41) is 3.43. The van der Waals surface area contributed by atoms with Crippen molar-refractivity contribution in [3.05, 3.63) is 35.4 Å². The first-order chi connectivity index (χ1) is 7.33. The van der Waals surface area contributed by atoms with Crippen LogP contribution in [0.4, 0.5) is 0 Å². The van der Waals surface area contributed by atoms with Crippen LogP contribution in [0.1, 0.15) is 37.4 Å². The molecule has 15 heavy (non-hydrogen) atoms. The van der Waals surface area contributed by atoms with E-state index in [1.54, 1.807) is 0 Å². The highest BCUT2D eigenvalue weighted by Crippen LogP contribution is 2.21. The van der Waals surface area contributed by atoms with Gasteiger partial charge in [-0.1, -0.05) is 38.1 Å². The standard InChI is InChI=1S/C14H19N/c1-4-9-14(15-6-3)13-11-8-7-10-12(13)5-2/h1,7-8,10-11,14-15H,5-6,9H2,2-3H3. The summed E-state index contributed by atoms with van der Waals surface area (Å²) in [5.74, 6) is 2.74. The first-order valence-electron chi connectivity index (χ1n) is 5.58. The Hall–Kier alpha value is -1.26. The highest BCUT2D eigenvalue weighted by molar-refractivity contribution is 5.30. The van der Waals surface area contributed by atoms with Gasteiger partial charge in [0.05, 0.1) is 0 Å². The fourth-order valence-electron chi connectivity index (χ4n) is 1.85. The van der Waals surface area contributed by atoms with Gasteiger partial charge in [0.15, 0.2) is 0 Å². The molecule has 80 valence electrons. The zero-order chi connectivity index (χ0) is 11.1. The Morgan fingerprint density at radius 2 is 2.07 bits per heavy atom. The van der Waals surface area contributed by atoms with Gasteiger partial charge in [0, 0.05) is 12.5 Å². The van der Waals surface area contributed by atoms with Gasteiger partial charge in [0.25, 0.3) is 0 Å². The smallest absolute Gasteiger partial charge is 0.0433 e. The first kappa shape index (κ1) is 11.8. The van der Waals surface area contributed by atoms with E-state index in [1.165, 1.54) is 11.1 Å². The van der Waals surface area contributed by atoms with Gasteiger partial charge in [0.2, 0.25) is 0 Å². The number of terminal acetylenes is 1. The van der Waals surface area contributed by atoms with Crippen molar-refractivity contribution in [1.82, 2.24) is 5.32 Å². The predicted molar refractivity (Wildman–Crippen MR) is 65.7 cm³/mol. The molecule has 0 saturated heterocycles. The lowest BCUT2D eigenvalue weighted by Gasteiger charge is -2.18. The maximum atomic E-state index is 5.40. The zero-order valence-electron chi connectivity index (χ0n) is 9.59. The largest absolute Gasteiger partial charge is 0.309 e. The topological polar surface area (TPSA) is 12.0 Å². The van der Waals surface area contributed by atoms with Crippen molar-refractivity contribution in [3.8, 4) is 12.3 Å². The van der Waals surface area contributed by atoms with E-state index in [0.29, 0.717) is 6.04 Å². The van der Waals surface area contributed by atoms with Gasteiger partial charge in [0.1, 0.15) is 0 Å². The van der Waals surface area contributed by atoms with Crippen LogP contribution in [0.5, 0.6) is 0 Å². The first-order valence-corrected chi connectivity index (χ1v) is 5.58. The van der Waals surface area contributed by atoms with Crippen LogP contribution in [0, 0.1) is 12.3 Å². The maximum absolute atomic E-state index is 5.40. The minimum Gasteiger partial charge on any atom is -0.309 e. The summed E-state index contributed by atoms with van der Waals surface area (Å²) in [6.45, 7) is 5.24. The second-order valence-electron chi connectivity index (χ2n) is 3.57. The van der Waals surface area contributed by atoms with E-state index in [0.717, 1.165) is 19.4 Å². The van der Waals surface area contributed by atoms with Gasteiger partial charge < -0.3 is 5.32 Å². The zero-order valence-corrected chi connectivity index (χ0v) is 9.59. The third-order valence-electron chi connectivity index (χ3n) is 2.58. The summed E-state index contributed by atoms with van der Waals surface area (Å²) in [4.78, 5) is 0. The average molecular weight is 201 g/mol. The van der Waals surface area contributed by atoms with Crippen LogP contribution in [0.2, 0.25) is 0 Å². The van der Waals surface area contributed by atoms with Crippen molar-refractivity contribution in [3.63, 3.8) is 0 Å². The van der Waals surface area contributed by atoms with Gasteiger partial charge >= 0.3 is 0 Å². The second kappa shape index (κ2) is 6.27. The van der Waals surface area contributed by atoms with Crippen LogP contribution in [0.25, 0.3) is 0 Å². The van der Waals surface area contributed by atoms with Crippen LogP contribution in [-0.2, 0) is 6.42 Å². The molecule has 0 aromatic heterocycles. The molecule has 0 heterocycles. The molecule has 1 rings (SSSR count). The monoisotopic (exact) mass is 201 g/mol. The number of hydrogen-bond donors (Lipinski definition) is 1. The molecule has 1 unspecified atom stereocenters. The normalized spacial score (nSPS) is 12.1. The molecule has 1 nitrogen and oxygen atoms in total. The quantitative estimate of drug-likeness (QED) is 0.722. The Balaban J connectivity index is 2.94. The molecular formula is C14H19N. The third kappa shape index (κ3) is 3.11. The molecule has 0 amide bonds. The Morgan fingerprint density at radius 1 is 1.33 bits per heavy atom. The Labute approximate surface area is 92.9 Å². The molecule has 1 aromatic rings. The van der Waals surface area contributed by atoms with Crippen molar-refractivity contribution in [2.75, 3.05) is 6.54 Å². The van der Waals surface area contributed by atoms with Gasteiger partial charge in [-0.15, -0.1) is 12.3 Å². The molecule has 1 aromatic carbocycles. The van der Waals surface area contributed by atoms with E-state index in [1.807, 2.05) is 0 Å². The van der Waals surface area contributed by atoms with Crippen molar-refractivity contribution < 1.29 is 0 Å². The Morgan fingerprint density at radius 3 is 2.67 bits per heavy atom. The molecule has 0 spiro atoms. The minimum absolute atomic E-state index is 0.302. The molecule has 0 radical (unpaired) electrons. The molecule has 0 aliphatic carbocycles. The summed E-state index contributed by atoms with van der Waals surface area (Å²) in [6.07, 6.45) is 7.21. The fourth-order valence-corrected chi connectivity index (χ4v) is 1.85. The third-order valence-corrected chi connectivity index (χ3v) is 2.58. The van der Waals surface area contributed by atoms with Crippen LogP contribution in [0.15, 0.2) is 24.3 Å². The lowest BCUT2D eigenvalue weighted by atomic mass is 9.96. The number of hydrogen-bond acceptors (Lipinski definition) is 1. The van der Waals surface area contributed by atoms with Gasteiger partial charge in [-0.05, 0) is 24.1 Å². The molecule has 0 aliphatic rings. The van der Waals surface area contributed by atoms with E-state index in [-0.39, 0.29) is 0 Å². The molecule has 0 bridgehead atoms. The highest BCUT2D eigenvalue weighted by atomic mass is 14.9. The summed E-state index contributed by atoms with van der Waals surface area (Å²) >= 11 is 0. The van der Waals surface area contributed by atoms with Crippen molar-refractivity contribution in [1.29, 1.82) is 0 Å². The van der Waals surface area contributed by atoms with E-state index in [2.05, 4.69) is 49.4 Å². The second-order valence-corrected chi connectivity index (χ2v) is 3.57. The number of benzene rings is 1.